The summed E-state index contributed by atoms with van der Waals surface area (Å²) in [7, 11) is -2.91. The maximum Gasteiger partial charge on any atom is 0.271 e. The van der Waals surface area contributed by atoms with Crippen molar-refractivity contribution in [2.45, 2.75) is 57.2 Å². The molecule has 11 nitrogen and oxygen atoms in total. The Morgan fingerprint density at radius 2 is 1.74 bits per heavy atom. The van der Waals surface area contributed by atoms with E-state index in [1.807, 2.05) is 30.3 Å². The predicted octanol–water partition coefficient (Wildman–Crippen LogP) is 5.77. The molecule has 0 aromatic heterocycles. The van der Waals surface area contributed by atoms with Crippen LogP contribution in [0.4, 0.5) is 11.4 Å². The van der Waals surface area contributed by atoms with Crippen LogP contribution >= 0.6 is 23.2 Å². The van der Waals surface area contributed by atoms with Crippen LogP contribution in [0.25, 0.3) is 0 Å². The highest BCUT2D eigenvalue weighted by Gasteiger charge is 2.35. The van der Waals surface area contributed by atoms with E-state index in [0.717, 1.165) is 54.3 Å². The third-order valence-electron chi connectivity index (χ3n) is 7.90. The summed E-state index contributed by atoms with van der Waals surface area (Å²) in [4.78, 5) is 40.7. The molecule has 0 radical (unpaired) electrons. The third-order valence-corrected chi connectivity index (χ3v) is 9.61. The Morgan fingerprint density at radius 1 is 1.04 bits per heavy atom. The lowest BCUT2D eigenvalue weighted by atomic mass is 9.94. The van der Waals surface area contributed by atoms with Crippen LogP contribution in [0, 0.1) is 10.1 Å². The second-order valence-corrected chi connectivity index (χ2v) is 13.9. The normalized spacial score (nSPS) is 14.3. The highest BCUT2D eigenvalue weighted by atomic mass is 35.5. The van der Waals surface area contributed by atoms with Crippen LogP contribution in [0.3, 0.4) is 0 Å². The molecule has 0 bridgehead atoms. The molecule has 1 N–H and O–H groups in total. The largest absolute Gasteiger partial charge is 0.495 e. The van der Waals surface area contributed by atoms with Crippen molar-refractivity contribution in [1.82, 2.24) is 10.2 Å². The maximum absolute atomic E-state index is 14.4. The van der Waals surface area contributed by atoms with Gasteiger partial charge in [-0.2, -0.15) is 0 Å². The zero-order chi connectivity index (χ0) is 33.4. The molecule has 4 rings (SSSR count). The van der Waals surface area contributed by atoms with Gasteiger partial charge in [0.2, 0.25) is 21.8 Å². The van der Waals surface area contributed by atoms with Gasteiger partial charge in [0.05, 0.1) is 18.3 Å². The number of ether oxygens (including phenoxy) is 1. The summed E-state index contributed by atoms with van der Waals surface area (Å²) in [6.45, 7) is -0.919. The van der Waals surface area contributed by atoms with Gasteiger partial charge in [-0.05, 0) is 42.2 Å². The van der Waals surface area contributed by atoms with Crippen molar-refractivity contribution in [3.8, 4) is 5.75 Å². The standard InChI is InChI=1S/C32H36Cl2N4O7S/c1-45-30-16-15-26(38(41)42)19-28(30)37(46(2,43)44)21-31(39)36(20-23-13-14-24(33)18-27(23)34)29(17-22-9-5-3-6-10-22)32(40)35-25-11-7-4-8-12-25/h3,5-6,9-10,13-16,18-19,25,29H,4,7-8,11-12,17,20-21H2,1-2H3,(H,35,40)/t29-/m0/s1. The Kier molecular flexibility index (Phi) is 11.9. The van der Waals surface area contributed by atoms with Crippen LogP contribution in [0.1, 0.15) is 43.2 Å². The number of hydrogen-bond donors (Lipinski definition) is 1. The third kappa shape index (κ3) is 9.11. The fourth-order valence-electron chi connectivity index (χ4n) is 5.51. The molecule has 0 spiro atoms. The van der Waals surface area contributed by atoms with E-state index in [2.05, 4.69) is 5.32 Å². The zero-order valence-electron chi connectivity index (χ0n) is 25.5. The lowest BCUT2D eigenvalue weighted by molar-refractivity contribution is -0.384. The molecule has 46 heavy (non-hydrogen) atoms. The number of methoxy groups -OCH3 is 1. The number of halogens is 2. The van der Waals surface area contributed by atoms with E-state index in [0.29, 0.717) is 10.6 Å². The Morgan fingerprint density at radius 3 is 2.35 bits per heavy atom. The first kappa shape index (κ1) is 35.0. The number of carbonyl (C=O) groups excluding carboxylic acids is 2. The van der Waals surface area contributed by atoms with Gasteiger partial charge in [-0.1, -0.05) is 78.9 Å². The highest BCUT2D eigenvalue weighted by Crippen LogP contribution is 2.34. The lowest BCUT2D eigenvalue weighted by Crippen LogP contribution is -2.55. The number of amides is 2. The minimum absolute atomic E-state index is 0.00648. The minimum atomic E-state index is -4.20. The van der Waals surface area contributed by atoms with Crippen molar-refractivity contribution in [3.05, 3.63) is 98.0 Å². The van der Waals surface area contributed by atoms with Gasteiger partial charge in [-0.3, -0.25) is 24.0 Å². The number of non-ortho nitro benzene ring substituents is 1. The van der Waals surface area contributed by atoms with Crippen LogP contribution in [0.2, 0.25) is 10.0 Å². The van der Waals surface area contributed by atoms with E-state index in [1.54, 1.807) is 12.1 Å². The fraction of sp³-hybridized carbons (Fsp3) is 0.375. The topological polar surface area (TPSA) is 139 Å². The van der Waals surface area contributed by atoms with E-state index in [9.17, 15) is 28.1 Å². The van der Waals surface area contributed by atoms with Gasteiger partial charge in [0.15, 0.2) is 0 Å². The molecule has 1 atom stereocenters. The van der Waals surface area contributed by atoms with Crippen molar-refractivity contribution >= 4 is 56.4 Å². The van der Waals surface area contributed by atoms with Gasteiger partial charge < -0.3 is 15.0 Å². The van der Waals surface area contributed by atoms with Crippen molar-refractivity contribution in [2.75, 3.05) is 24.2 Å². The van der Waals surface area contributed by atoms with Crippen molar-refractivity contribution in [3.63, 3.8) is 0 Å². The Bertz CT molecular complexity index is 1670. The minimum Gasteiger partial charge on any atom is -0.495 e. The predicted molar refractivity (Wildman–Crippen MR) is 178 cm³/mol. The number of nitro benzene ring substituents is 1. The van der Waals surface area contributed by atoms with Gasteiger partial charge in [0.25, 0.3) is 5.69 Å². The van der Waals surface area contributed by atoms with Gasteiger partial charge in [0.1, 0.15) is 24.0 Å². The van der Waals surface area contributed by atoms with E-state index < -0.39 is 39.1 Å². The summed E-state index contributed by atoms with van der Waals surface area (Å²) in [5.41, 5.74) is 0.687. The number of nitrogens with zero attached hydrogens (tertiary/aromatic N) is 3. The van der Waals surface area contributed by atoms with Gasteiger partial charge in [-0.15, -0.1) is 0 Å². The summed E-state index contributed by atoms with van der Waals surface area (Å²) in [5, 5.41) is 15.3. The molecule has 2 amide bonds. The molecule has 0 heterocycles. The number of rotatable bonds is 13. The van der Waals surface area contributed by atoms with Gasteiger partial charge in [-0.25, -0.2) is 8.42 Å². The molecule has 3 aromatic carbocycles. The molecule has 0 unspecified atom stereocenters. The van der Waals surface area contributed by atoms with Crippen molar-refractivity contribution in [1.29, 1.82) is 0 Å². The van der Waals surface area contributed by atoms with E-state index in [-0.39, 0.29) is 41.4 Å². The Hall–Kier alpha value is -3.87. The number of nitro groups is 1. The number of anilines is 1. The Labute approximate surface area is 278 Å². The highest BCUT2D eigenvalue weighted by molar-refractivity contribution is 7.92. The maximum atomic E-state index is 14.4. The molecule has 14 heteroatoms. The number of carbonyl (C=O) groups is 2. The second kappa shape index (κ2) is 15.6. The summed E-state index contributed by atoms with van der Waals surface area (Å²) < 4.78 is 32.4. The first-order valence-corrected chi connectivity index (χ1v) is 17.4. The number of benzene rings is 3. The van der Waals surface area contributed by atoms with Gasteiger partial charge >= 0.3 is 0 Å². The second-order valence-electron chi connectivity index (χ2n) is 11.2. The molecule has 1 aliphatic carbocycles. The number of nitrogens with one attached hydrogen (secondary N) is 1. The van der Waals surface area contributed by atoms with Crippen molar-refractivity contribution in [2.24, 2.45) is 0 Å². The summed E-state index contributed by atoms with van der Waals surface area (Å²) in [6, 6.07) is 16.3. The average Bonchev–Trinajstić information content (AvgIpc) is 3.02. The zero-order valence-corrected chi connectivity index (χ0v) is 27.9. The smallest absolute Gasteiger partial charge is 0.271 e. The molecule has 3 aromatic rings. The molecule has 246 valence electrons. The van der Waals surface area contributed by atoms with Crippen LogP contribution in [-0.4, -0.2) is 62.0 Å². The Balaban J connectivity index is 1.80. The summed E-state index contributed by atoms with van der Waals surface area (Å²) in [6.07, 6.45) is 5.69. The molecule has 0 saturated heterocycles. The first-order valence-electron chi connectivity index (χ1n) is 14.7. The summed E-state index contributed by atoms with van der Waals surface area (Å²) >= 11 is 12.7. The first-order chi connectivity index (χ1) is 21.9. The van der Waals surface area contributed by atoms with Crippen LogP contribution in [-0.2, 0) is 32.6 Å². The number of sulfonamides is 1. The van der Waals surface area contributed by atoms with Crippen molar-refractivity contribution < 1.29 is 27.7 Å². The van der Waals surface area contributed by atoms with E-state index in [1.165, 1.54) is 30.2 Å². The van der Waals surface area contributed by atoms with E-state index in [4.69, 9.17) is 27.9 Å². The quantitative estimate of drug-likeness (QED) is 0.178. The molecule has 1 saturated carbocycles. The fourth-order valence-corrected chi connectivity index (χ4v) is 6.83. The molecule has 1 fully saturated rings. The van der Waals surface area contributed by atoms with E-state index >= 15 is 0 Å². The number of hydrogen-bond acceptors (Lipinski definition) is 7. The molecule has 0 aliphatic heterocycles. The molecular weight excluding hydrogens is 655 g/mol. The average molecular weight is 692 g/mol. The van der Waals surface area contributed by atoms with Crippen LogP contribution in [0.5, 0.6) is 5.75 Å². The van der Waals surface area contributed by atoms with Crippen LogP contribution in [0.15, 0.2) is 66.7 Å². The molecule has 1 aliphatic rings. The van der Waals surface area contributed by atoms with Crippen LogP contribution < -0.4 is 14.4 Å². The monoisotopic (exact) mass is 690 g/mol. The summed E-state index contributed by atoms with van der Waals surface area (Å²) in [5.74, 6) is -1.11. The van der Waals surface area contributed by atoms with Gasteiger partial charge in [0, 0.05) is 41.2 Å². The lowest BCUT2D eigenvalue weighted by Gasteiger charge is -2.35. The SMILES string of the molecule is COc1ccc([N+](=O)[O-])cc1N(CC(=O)N(Cc1ccc(Cl)cc1Cl)[C@@H](Cc1ccccc1)C(=O)NC1CCCCC1)S(C)(=O)=O. The molecular formula is C32H36Cl2N4O7S.